The average Bonchev–Trinajstić information content (AvgIpc) is 2.87. The van der Waals surface area contributed by atoms with Crippen molar-refractivity contribution in [2.24, 2.45) is 0 Å². The number of rotatable bonds is 3. The minimum atomic E-state index is -0.912. The molecule has 1 atom stereocenters. The molecule has 1 fully saturated rings. The molecule has 7 heteroatoms. The third kappa shape index (κ3) is 2.85. The number of ether oxygens (including phenoxy) is 1. The van der Waals surface area contributed by atoms with Gasteiger partial charge in [-0.2, -0.15) is 4.98 Å². The summed E-state index contributed by atoms with van der Waals surface area (Å²) < 4.78 is 5.06. The number of aromatic nitrogens is 2. The largest absolute Gasteiger partial charge is 0.480 e. The molecule has 2 N–H and O–H groups in total. The number of carbonyl (C=O) groups is 1. The molecule has 2 rings (SSSR count). The van der Waals surface area contributed by atoms with E-state index in [9.17, 15) is 4.79 Å². The SMILES string of the molecule is C#Cc1cnc(N[C@@H]2CCN(C(=O)O)C2)nc1OC. The van der Waals surface area contributed by atoms with Crippen molar-refractivity contribution in [3.8, 4) is 18.2 Å². The van der Waals surface area contributed by atoms with Crippen LogP contribution in [0, 0.1) is 12.3 Å². The maximum Gasteiger partial charge on any atom is 0.407 e. The number of nitrogens with zero attached hydrogens (tertiary/aromatic N) is 3. The first-order valence-electron chi connectivity index (χ1n) is 5.76. The number of hydrogen-bond donors (Lipinski definition) is 2. The Kier molecular flexibility index (Phi) is 3.71. The van der Waals surface area contributed by atoms with Crippen molar-refractivity contribution in [3.63, 3.8) is 0 Å². The van der Waals surface area contributed by atoms with Crippen LogP contribution < -0.4 is 10.1 Å². The number of methoxy groups -OCH3 is 1. The van der Waals surface area contributed by atoms with Crippen molar-refractivity contribution in [3.05, 3.63) is 11.8 Å². The summed E-state index contributed by atoms with van der Waals surface area (Å²) in [6, 6.07) is -0.00232. The molecule has 0 aliphatic carbocycles. The lowest BCUT2D eigenvalue weighted by atomic mass is 10.3. The highest BCUT2D eigenvalue weighted by atomic mass is 16.5. The summed E-state index contributed by atoms with van der Waals surface area (Å²) in [4.78, 5) is 20.4. The molecule has 1 aromatic heterocycles. The van der Waals surface area contributed by atoms with Gasteiger partial charge in [0.25, 0.3) is 0 Å². The van der Waals surface area contributed by atoms with Gasteiger partial charge in [-0.3, -0.25) is 0 Å². The molecule has 1 saturated heterocycles. The second kappa shape index (κ2) is 5.44. The van der Waals surface area contributed by atoms with E-state index in [-0.39, 0.29) is 6.04 Å². The summed E-state index contributed by atoms with van der Waals surface area (Å²) in [5.41, 5.74) is 0.478. The van der Waals surface area contributed by atoms with Gasteiger partial charge in [0.1, 0.15) is 5.56 Å². The van der Waals surface area contributed by atoms with Crippen LogP contribution in [0.4, 0.5) is 10.7 Å². The third-order valence-corrected chi connectivity index (χ3v) is 2.89. The molecule has 0 unspecified atom stereocenters. The molecular weight excluding hydrogens is 248 g/mol. The molecule has 0 radical (unpaired) electrons. The quantitative estimate of drug-likeness (QED) is 0.777. The normalized spacial score (nSPS) is 17.9. The van der Waals surface area contributed by atoms with Crippen LogP contribution in [-0.2, 0) is 0 Å². The molecule has 0 aromatic carbocycles. The van der Waals surface area contributed by atoms with E-state index in [1.807, 2.05) is 0 Å². The lowest BCUT2D eigenvalue weighted by molar-refractivity contribution is 0.155. The Balaban J connectivity index is 2.05. The number of terminal acetylenes is 1. The fraction of sp³-hybridized carbons (Fsp3) is 0.417. The molecule has 1 aliphatic heterocycles. The molecule has 19 heavy (non-hydrogen) atoms. The highest BCUT2D eigenvalue weighted by Crippen LogP contribution is 2.17. The van der Waals surface area contributed by atoms with Crippen molar-refractivity contribution in [1.29, 1.82) is 0 Å². The van der Waals surface area contributed by atoms with Gasteiger partial charge < -0.3 is 20.1 Å². The van der Waals surface area contributed by atoms with Gasteiger partial charge in [-0.15, -0.1) is 6.42 Å². The first-order valence-corrected chi connectivity index (χ1v) is 5.76. The molecule has 0 saturated carbocycles. The van der Waals surface area contributed by atoms with Crippen molar-refractivity contribution in [1.82, 2.24) is 14.9 Å². The summed E-state index contributed by atoms with van der Waals surface area (Å²) in [6.07, 6.45) is 6.59. The molecule has 2 heterocycles. The summed E-state index contributed by atoms with van der Waals surface area (Å²) >= 11 is 0. The number of anilines is 1. The Morgan fingerprint density at radius 2 is 2.53 bits per heavy atom. The molecule has 0 bridgehead atoms. The smallest absolute Gasteiger partial charge is 0.407 e. The molecule has 100 valence electrons. The first kappa shape index (κ1) is 13.0. The number of hydrogen-bond acceptors (Lipinski definition) is 5. The Morgan fingerprint density at radius 3 is 3.11 bits per heavy atom. The second-order valence-electron chi connectivity index (χ2n) is 4.12. The summed E-state index contributed by atoms with van der Waals surface area (Å²) in [5.74, 6) is 3.14. The zero-order valence-corrected chi connectivity index (χ0v) is 10.5. The number of carboxylic acid groups (broad SMARTS) is 1. The van der Waals surface area contributed by atoms with Gasteiger partial charge in [0.15, 0.2) is 0 Å². The van der Waals surface area contributed by atoms with Gasteiger partial charge in [-0.1, -0.05) is 5.92 Å². The Hall–Kier alpha value is -2.49. The monoisotopic (exact) mass is 262 g/mol. The molecule has 0 spiro atoms. The van der Waals surface area contributed by atoms with Crippen LogP contribution >= 0.6 is 0 Å². The van der Waals surface area contributed by atoms with Gasteiger partial charge in [-0.05, 0) is 6.42 Å². The topological polar surface area (TPSA) is 87.6 Å². The van der Waals surface area contributed by atoms with Crippen LogP contribution in [0.2, 0.25) is 0 Å². The number of nitrogens with one attached hydrogen (secondary N) is 1. The van der Waals surface area contributed by atoms with E-state index in [0.717, 1.165) is 6.42 Å². The molecular formula is C12H14N4O3. The predicted octanol–water partition coefficient (Wildman–Crippen LogP) is 0.631. The number of likely N-dealkylation sites (tertiary alicyclic amines) is 1. The van der Waals surface area contributed by atoms with E-state index in [2.05, 4.69) is 21.2 Å². The Labute approximate surface area is 110 Å². The van der Waals surface area contributed by atoms with Gasteiger partial charge in [0, 0.05) is 19.1 Å². The Bertz CT molecular complexity index is 526. The van der Waals surface area contributed by atoms with Crippen LogP contribution in [0.5, 0.6) is 5.88 Å². The first-order chi connectivity index (χ1) is 9.13. The van der Waals surface area contributed by atoms with Gasteiger partial charge >= 0.3 is 6.09 Å². The molecule has 1 aromatic rings. The highest BCUT2D eigenvalue weighted by Gasteiger charge is 2.26. The lowest BCUT2D eigenvalue weighted by Crippen LogP contribution is -2.30. The van der Waals surface area contributed by atoms with Crippen LogP contribution in [0.3, 0.4) is 0 Å². The summed E-state index contributed by atoms with van der Waals surface area (Å²) in [5, 5.41) is 11.9. The van der Waals surface area contributed by atoms with Crippen LogP contribution in [0.1, 0.15) is 12.0 Å². The van der Waals surface area contributed by atoms with Gasteiger partial charge in [0.2, 0.25) is 11.8 Å². The maximum atomic E-state index is 10.8. The standard InChI is InChI=1S/C12H14N4O3/c1-3-8-6-13-11(15-10(8)19-2)14-9-4-5-16(7-9)12(17)18/h1,6,9H,4-5,7H2,2H3,(H,17,18)(H,13,14,15)/t9-/m1/s1. The predicted molar refractivity (Wildman–Crippen MR) is 68.1 cm³/mol. The van der Waals surface area contributed by atoms with Crippen LogP contribution in [0.25, 0.3) is 0 Å². The van der Waals surface area contributed by atoms with E-state index < -0.39 is 6.09 Å². The fourth-order valence-corrected chi connectivity index (χ4v) is 1.92. The molecule has 1 amide bonds. The van der Waals surface area contributed by atoms with Crippen molar-refractivity contribution >= 4 is 12.0 Å². The minimum Gasteiger partial charge on any atom is -0.480 e. The number of amides is 1. The van der Waals surface area contributed by atoms with Crippen molar-refractivity contribution in [2.75, 3.05) is 25.5 Å². The van der Waals surface area contributed by atoms with Crippen molar-refractivity contribution < 1.29 is 14.6 Å². The van der Waals surface area contributed by atoms with E-state index in [0.29, 0.717) is 30.5 Å². The highest BCUT2D eigenvalue weighted by molar-refractivity contribution is 5.65. The fourth-order valence-electron chi connectivity index (χ4n) is 1.92. The summed E-state index contributed by atoms with van der Waals surface area (Å²) in [6.45, 7) is 0.921. The maximum absolute atomic E-state index is 10.8. The third-order valence-electron chi connectivity index (χ3n) is 2.89. The van der Waals surface area contributed by atoms with Gasteiger partial charge in [-0.25, -0.2) is 9.78 Å². The summed E-state index contributed by atoms with van der Waals surface area (Å²) in [7, 11) is 1.48. The molecule has 7 nitrogen and oxygen atoms in total. The van der Waals surface area contributed by atoms with E-state index >= 15 is 0 Å². The Morgan fingerprint density at radius 1 is 1.74 bits per heavy atom. The second-order valence-corrected chi connectivity index (χ2v) is 4.12. The lowest BCUT2D eigenvalue weighted by Gasteiger charge is -2.14. The van der Waals surface area contributed by atoms with E-state index in [4.69, 9.17) is 16.3 Å². The minimum absolute atomic E-state index is 0.00232. The van der Waals surface area contributed by atoms with Crippen LogP contribution in [-0.4, -0.2) is 52.3 Å². The zero-order chi connectivity index (χ0) is 13.8. The van der Waals surface area contributed by atoms with E-state index in [1.165, 1.54) is 18.2 Å². The van der Waals surface area contributed by atoms with E-state index in [1.54, 1.807) is 0 Å². The van der Waals surface area contributed by atoms with Crippen LogP contribution in [0.15, 0.2) is 6.20 Å². The zero-order valence-electron chi connectivity index (χ0n) is 10.5. The molecule has 1 aliphatic rings. The average molecular weight is 262 g/mol. The van der Waals surface area contributed by atoms with Gasteiger partial charge in [0.05, 0.1) is 13.3 Å². The van der Waals surface area contributed by atoms with Crippen molar-refractivity contribution in [2.45, 2.75) is 12.5 Å².